The lowest BCUT2D eigenvalue weighted by Crippen LogP contribution is -2.44. The number of hydrogen-bond donors (Lipinski definition) is 3. The van der Waals surface area contributed by atoms with Crippen molar-refractivity contribution in [1.29, 1.82) is 0 Å². The van der Waals surface area contributed by atoms with Crippen LogP contribution in [-0.2, 0) is 4.79 Å². The number of H-pyrrole nitrogens is 1. The predicted molar refractivity (Wildman–Crippen MR) is 87.8 cm³/mol. The lowest BCUT2D eigenvalue weighted by Gasteiger charge is -2.31. The lowest BCUT2D eigenvalue weighted by atomic mass is 10.1. The van der Waals surface area contributed by atoms with Gasteiger partial charge in [-0.3, -0.25) is 9.69 Å². The van der Waals surface area contributed by atoms with Gasteiger partial charge in [0.25, 0.3) is 0 Å². The highest BCUT2D eigenvalue weighted by Gasteiger charge is 2.19. The van der Waals surface area contributed by atoms with Crippen molar-refractivity contribution in [2.45, 2.75) is 18.9 Å². The first kappa shape index (κ1) is 16.3. The molecule has 128 valence electrons. The van der Waals surface area contributed by atoms with Crippen LogP contribution < -0.4 is 15.4 Å². The summed E-state index contributed by atoms with van der Waals surface area (Å²) in [4.78, 5) is 14.3. The van der Waals surface area contributed by atoms with Gasteiger partial charge in [0, 0.05) is 11.7 Å². The van der Waals surface area contributed by atoms with Crippen molar-refractivity contribution in [3.63, 3.8) is 0 Å². The highest BCUT2D eigenvalue weighted by Crippen LogP contribution is 2.19. The van der Waals surface area contributed by atoms with Crippen LogP contribution in [0.4, 0.5) is 5.69 Å². The van der Waals surface area contributed by atoms with Crippen LogP contribution in [0, 0.1) is 0 Å². The molecule has 1 aliphatic rings. The van der Waals surface area contributed by atoms with Crippen molar-refractivity contribution in [2.75, 3.05) is 32.0 Å². The summed E-state index contributed by atoms with van der Waals surface area (Å²) in [6.07, 6.45) is 2.15. The molecule has 0 spiro atoms. The molecule has 0 unspecified atom stereocenters. The van der Waals surface area contributed by atoms with Gasteiger partial charge in [-0.2, -0.15) is 5.21 Å². The zero-order valence-corrected chi connectivity index (χ0v) is 13.5. The maximum Gasteiger partial charge on any atom is 0.361 e. The molecule has 0 radical (unpaired) electrons. The van der Waals surface area contributed by atoms with Gasteiger partial charge >= 0.3 is 6.01 Å². The van der Waals surface area contributed by atoms with E-state index >= 15 is 0 Å². The number of anilines is 1. The third kappa shape index (κ3) is 4.49. The molecule has 1 aromatic carbocycles. The average molecular weight is 331 g/mol. The number of carbonyl (C=O) groups excluding carboxylic acids is 1. The summed E-state index contributed by atoms with van der Waals surface area (Å²) in [7, 11) is 2.00. The summed E-state index contributed by atoms with van der Waals surface area (Å²) in [5.74, 6) is 0.545. The molecule has 9 heteroatoms. The number of benzene rings is 1. The Balaban J connectivity index is 1.48. The fourth-order valence-electron chi connectivity index (χ4n) is 2.71. The van der Waals surface area contributed by atoms with Crippen LogP contribution in [0.15, 0.2) is 24.3 Å². The molecule has 0 bridgehead atoms. The molecule has 1 aromatic heterocycles. The van der Waals surface area contributed by atoms with E-state index in [1.807, 2.05) is 7.05 Å². The average Bonchev–Trinajstić information content (AvgIpc) is 3.10. The Bertz CT molecular complexity index is 638. The molecular weight excluding hydrogens is 310 g/mol. The first-order valence-corrected chi connectivity index (χ1v) is 7.93. The van der Waals surface area contributed by atoms with Gasteiger partial charge in [-0.05, 0) is 62.5 Å². The Morgan fingerprint density at radius 3 is 2.75 bits per heavy atom. The van der Waals surface area contributed by atoms with E-state index in [1.54, 1.807) is 24.3 Å². The zero-order valence-electron chi connectivity index (χ0n) is 13.5. The number of piperidine rings is 1. The minimum atomic E-state index is -0.0251. The van der Waals surface area contributed by atoms with Gasteiger partial charge in [0.05, 0.1) is 6.54 Å². The summed E-state index contributed by atoms with van der Waals surface area (Å²) in [6, 6.07) is 7.64. The van der Waals surface area contributed by atoms with Gasteiger partial charge in [0.2, 0.25) is 5.91 Å². The molecular formula is C15H21N7O2. The molecule has 3 N–H and O–H groups in total. The Morgan fingerprint density at radius 2 is 2.08 bits per heavy atom. The quantitative estimate of drug-likeness (QED) is 0.712. The summed E-state index contributed by atoms with van der Waals surface area (Å²) < 4.78 is 5.38. The minimum absolute atomic E-state index is 0.0251. The Kier molecular flexibility index (Phi) is 5.34. The molecule has 0 saturated carbocycles. The van der Waals surface area contributed by atoms with Crippen LogP contribution in [-0.4, -0.2) is 64.2 Å². The standard InChI is InChI=1S/C15H21N7O2/c1-22(12-6-8-16-9-7-12)10-14(23)17-11-2-4-13(5-3-11)24-15-18-20-21-19-15/h2-5,12,16H,6-10H2,1H3,(H,17,23)(H,18,19,20,21). The van der Waals surface area contributed by atoms with Crippen LogP contribution in [0.5, 0.6) is 11.8 Å². The van der Waals surface area contributed by atoms with Gasteiger partial charge < -0.3 is 15.4 Å². The number of aromatic amines is 1. The van der Waals surface area contributed by atoms with Crippen molar-refractivity contribution in [3.8, 4) is 11.8 Å². The van der Waals surface area contributed by atoms with E-state index in [-0.39, 0.29) is 11.9 Å². The first-order chi connectivity index (χ1) is 11.7. The van der Waals surface area contributed by atoms with E-state index in [1.165, 1.54) is 0 Å². The second-order valence-corrected chi connectivity index (χ2v) is 5.77. The van der Waals surface area contributed by atoms with Gasteiger partial charge in [-0.1, -0.05) is 10.2 Å². The molecule has 0 aliphatic carbocycles. The van der Waals surface area contributed by atoms with E-state index < -0.39 is 0 Å². The zero-order chi connectivity index (χ0) is 16.8. The molecule has 9 nitrogen and oxygen atoms in total. The highest BCUT2D eigenvalue weighted by atomic mass is 16.5. The van der Waals surface area contributed by atoms with Gasteiger partial charge in [-0.25, -0.2) is 0 Å². The summed E-state index contributed by atoms with van der Waals surface area (Å²) >= 11 is 0. The monoisotopic (exact) mass is 331 g/mol. The van der Waals surface area contributed by atoms with E-state index in [0.29, 0.717) is 18.3 Å². The molecule has 0 atom stereocenters. The fourth-order valence-corrected chi connectivity index (χ4v) is 2.71. The maximum atomic E-state index is 12.2. The van der Waals surface area contributed by atoms with Gasteiger partial charge in [-0.15, -0.1) is 0 Å². The van der Waals surface area contributed by atoms with E-state index in [0.717, 1.165) is 31.6 Å². The van der Waals surface area contributed by atoms with E-state index in [2.05, 4.69) is 36.2 Å². The molecule has 1 saturated heterocycles. The molecule has 24 heavy (non-hydrogen) atoms. The second kappa shape index (κ2) is 7.84. The number of carbonyl (C=O) groups is 1. The molecule has 1 fully saturated rings. The van der Waals surface area contributed by atoms with E-state index in [9.17, 15) is 4.79 Å². The third-order valence-corrected chi connectivity index (χ3v) is 4.00. The number of aromatic nitrogens is 4. The summed E-state index contributed by atoms with van der Waals surface area (Å²) in [6.45, 7) is 2.41. The molecule has 2 heterocycles. The van der Waals surface area contributed by atoms with Crippen LogP contribution in [0.1, 0.15) is 12.8 Å². The second-order valence-electron chi connectivity index (χ2n) is 5.77. The number of tetrazole rings is 1. The highest BCUT2D eigenvalue weighted by molar-refractivity contribution is 5.92. The smallest absolute Gasteiger partial charge is 0.361 e. The molecule has 3 rings (SSSR count). The SMILES string of the molecule is CN(CC(=O)Nc1ccc(Oc2nn[nH]n2)cc1)C1CCNCC1. The Labute approximate surface area is 139 Å². The number of rotatable bonds is 6. The lowest BCUT2D eigenvalue weighted by molar-refractivity contribution is -0.117. The van der Waals surface area contributed by atoms with Crippen molar-refractivity contribution in [3.05, 3.63) is 24.3 Å². The minimum Gasteiger partial charge on any atom is -0.422 e. The topological polar surface area (TPSA) is 108 Å². The van der Waals surface area contributed by atoms with E-state index in [4.69, 9.17) is 4.74 Å². The number of nitrogens with one attached hydrogen (secondary N) is 3. The van der Waals surface area contributed by atoms with Crippen molar-refractivity contribution in [1.82, 2.24) is 30.8 Å². The van der Waals surface area contributed by atoms with Crippen molar-refractivity contribution < 1.29 is 9.53 Å². The van der Waals surface area contributed by atoms with Crippen LogP contribution >= 0.6 is 0 Å². The molecule has 2 aromatic rings. The van der Waals surface area contributed by atoms with Gasteiger partial charge in [0.15, 0.2) is 0 Å². The number of amides is 1. The number of likely N-dealkylation sites (N-methyl/N-ethyl adjacent to an activating group) is 1. The Hall–Kier alpha value is -2.52. The van der Waals surface area contributed by atoms with Crippen LogP contribution in [0.2, 0.25) is 0 Å². The molecule has 1 aliphatic heterocycles. The number of nitrogens with zero attached hydrogens (tertiary/aromatic N) is 4. The number of ether oxygens (including phenoxy) is 1. The fraction of sp³-hybridized carbons (Fsp3) is 0.467. The predicted octanol–water partition coefficient (Wildman–Crippen LogP) is 0.614. The number of hydrogen-bond acceptors (Lipinski definition) is 7. The van der Waals surface area contributed by atoms with Gasteiger partial charge in [0.1, 0.15) is 5.75 Å². The van der Waals surface area contributed by atoms with Crippen molar-refractivity contribution in [2.24, 2.45) is 0 Å². The Morgan fingerprint density at radius 1 is 1.33 bits per heavy atom. The summed E-state index contributed by atoms with van der Waals surface area (Å²) in [5.41, 5.74) is 0.721. The largest absolute Gasteiger partial charge is 0.422 e. The van der Waals surface area contributed by atoms with Crippen LogP contribution in [0.25, 0.3) is 0 Å². The summed E-state index contributed by atoms with van der Waals surface area (Å²) in [5, 5.41) is 19.4. The molecule has 1 amide bonds. The normalized spacial score (nSPS) is 15.4. The van der Waals surface area contributed by atoms with Crippen molar-refractivity contribution >= 4 is 11.6 Å². The third-order valence-electron chi connectivity index (χ3n) is 4.00. The van der Waals surface area contributed by atoms with Crippen LogP contribution in [0.3, 0.4) is 0 Å². The first-order valence-electron chi connectivity index (χ1n) is 7.93. The maximum absolute atomic E-state index is 12.2.